The molecule has 2 heterocycles. The lowest BCUT2D eigenvalue weighted by Crippen LogP contribution is -2.38. The molecule has 0 N–H and O–H groups in total. The Labute approximate surface area is 186 Å². The van der Waals surface area contributed by atoms with Gasteiger partial charge < -0.3 is 4.74 Å². The first-order valence-electron chi connectivity index (χ1n) is 10.2. The molecule has 5 aromatic rings. The Balaban J connectivity index is 1.80. The number of hydrogen-bond acceptors (Lipinski definition) is 4. The zero-order valence-corrected chi connectivity index (χ0v) is 18.1. The molecule has 0 unspecified atom stereocenters. The average Bonchev–Trinajstić information content (AvgIpc) is 3.19. The summed E-state index contributed by atoms with van der Waals surface area (Å²) < 4.78 is 23.1. The lowest BCUT2D eigenvalue weighted by Gasteiger charge is -2.13. The molecule has 0 aliphatic carbocycles. The van der Waals surface area contributed by atoms with Crippen molar-refractivity contribution in [3.05, 3.63) is 105 Å². The summed E-state index contributed by atoms with van der Waals surface area (Å²) >= 11 is 1.37. The molecule has 3 aromatic carbocycles. The van der Waals surface area contributed by atoms with E-state index < -0.39 is 5.69 Å². The van der Waals surface area contributed by atoms with Gasteiger partial charge in [-0.1, -0.05) is 30.3 Å². The first-order chi connectivity index (χ1) is 15.6. The van der Waals surface area contributed by atoms with Crippen molar-refractivity contribution in [2.45, 2.75) is 13.5 Å². The molecule has 0 saturated heterocycles. The van der Waals surface area contributed by atoms with Gasteiger partial charge >= 0.3 is 5.69 Å². The molecule has 32 heavy (non-hydrogen) atoms. The SMILES string of the molecule is CCOc1ccc(-n2c(=O)c3sc4ccccc4c3n(Cc3ccc(F)cc3)c2=O)cc1. The molecule has 0 bridgehead atoms. The molecule has 5 nitrogen and oxygen atoms in total. The van der Waals surface area contributed by atoms with E-state index >= 15 is 0 Å². The predicted molar refractivity (Wildman–Crippen MR) is 126 cm³/mol. The van der Waals surface area contributed by atoms with Gasteiger partial charge in [0, 0.05) is 10.1 Å². The topological polar surface area (TPSA) is 53.2 Å². The predicted octanol–water partition coefficient (Wildman–Crippen LogP) is 4.95. The second-order valence-corrected chi connectivity index (χ2v) is 8.39. The standard InChI is InChI=1S/C25H19FN2O3S/c1-2-31-19-13-11-18(12-14-19)28-24(29)23-22(20-5-3-4-6-21(20)32-23)27(25(28)30)15-16-7-9-17(26)10-8-16/h3-14H,2,15H2,1H3. The van der Waals surface area contributed by atoms with Crippen molar-refractivity contribution in [1.82, 2.24) is 9.13 Å². The van der Waals surface area contributed by atoms with Crippen LogP contribution in [0.15, 0.2) is 82.4 Å². The molecule has 0 amide bonds. The first kappa shape index (κ1) is 20.2. The highest BCUT2D eigenvalue weighted by molar-refractivity contribution is 7.25. The third-order valence-corrected chi connectivity index (χ3v) is 6.47. The summed E-state index contributed by atoms with van der Waals surface area (Å²) in [6.07, 6.45) is 0. The van der Waals surface area contributed by atoms with Crippen molar-refractivity contribution in [3.63, 3.8) is 0 Å². The van der Waals surface area contributed by atoms with Gasteiger partial charge in [0.2, 0.25) is 0 Å². The van der Waals surface area contributed by atoms with Crippen molar-refractivity contribution >= 4 is 31.6 Å². The van der Waals surface area contributed by atoms with Crippen molar-refractivity contribution in [2.24, 2.45) is 0 Å². The van der Waals surface area contributed by atoms with E-state index in [-0.39, 0.29) is 17.9 Å². The second kappa shape index (κ2) is 8.09. The summed E-state index contributed by atoms with van der Waals surface area (Å²) in [6.45, 7) is 2.63. The van der Waals surface area contributed by atoms with Crippen LogP contribution in [0.2, 0.25) is 0 Å². The molecule has 160 valence electrons. The highest BCUT2D eigenvalue weighted by atomic mass is 32.1. The van der Waals surface area contributed by atoms with Crippen LogP contribution in [0.25, 0.3) is 26.0 Å². The molecule has 0 fully saturated rings. The van der Waals surface area contributed by atoms with E-state index in [4.69, 9.17) is 4.74 Å². The number of ether oxygens (including phenoxy) is 1. The van der Waals surface area contributed by atoms with Crippen LogP contribution in [0.4, 0.5) is 4.39 Å². The molecular formula is C25H19FN2O3S. The maximum atomic E-state index is 13.7. The van der Waals surface area contributed by atoms with Gasteiger partial charge in [0.1, 0.15) is 16.3 Å². The van der Waals surface area contributed by atoms with Gasteiger partial charge in [0.15, 0.2) is 0 Å². The second-order valence-electron chi connectivity index (χ2n) is 7.34. The molecule has 0 spiro atoms. The van der Waals surface area contributed by atoms with E-state index in [0.717, 1.165) is 15.6 Å². The van der Waals surface area contributed by atoms with E-state index in [1.807, 2.05) is 31.2 Å². The maximum Gasteiger partial charge on any atom is 0.336 e. The van der Waals surface area contributed by atoms with Crippen molar-refractivity contribution in [2.75, 3.05) is 6.61 Å². The quantitative estimate of drug-likeness (QED) is 0.384. The zero-order valence-electron chi connectivity index (χ0n) is 17.2. The van der Waals surface area contributed by atoms with Crippen LogP contribution in [0.1, 0.15) is 12.5 Å². The van der Waals surface area contributed by atoms with Crippen molar-refractivity contribution in [1.29, 1.82) is 0 Å². The molecule has 0 radical (unpaired) electrons. The Morgan fingerprint density at radius 1 is 0.938 bits per heavy atom. The highest BCUT2D eigenvalue weighted by Crippen LogP contribution is 2.31. The summed E-state index contributed by atoms with van der Waals surface area (Å²) in [5, 5.41) is 0.850. The lowest BCUT2D eigenvalue weighted by molar-refractivity contribution is 0.340. The minimum atomic E-state index is -0.445. The average molecular weight is 447 g/mol. The summed E-state index contributed by atoms with van der Waals surface area (Å²) in [7, 11) is 0. The molecule has 2 aromatic heterocycles. The molecule has 0 aliphatic rings. The molecular weight excluding hydrogens is 427 g/mol. The number of aromatic nitrogens is 2. The minimum absolute atomic E-state index is 0.216. The fourth-order valence-corrected chi connectivity index (χ4v) is 4.99. The number of hydrogen-bond donors (Lipinski definition) is 0. The molecule has 0 atom stereocenters. The fourth-order valence-electron chi connectivity index (χ4n) is 3.85. The molecule has 0 aliphatic heterocycles. The van der Waals surface area contributed by atoms with E-state index in [1.165, 1.54) is 28.0 Å². The number of rotatable bonds is 5. The lowest BCUT2D eigenvalue weighted by atomic mass is 10.2. The largest absolute Gasteiger partial charge is 0.494 e. The Morgan fingerprint density at radius 2 is 1.66 bits per heavy atom. The van der Waals surface area contributed by atoms with Crippen LogP contribution in [-0.2, 0) is 6.54 Å². The Bertz CT molecular complexity index is 1550. The highest BCUT2D eigenvalue weighted by Gasteiger charge is 2.19. The monoisotopic (exact) mass is 446 g/mol. The summed E-state index contributed by atoms with van der Waals surface area (Å²) in [4.78, 5) is 27.1. The van der Waals surface area contributed by atoms with Gasteiger partial charge in [-0.15, -0.1) is 11.3 Å². The number of halogens is 1. The minimum Gasteiger partial charge on any atom is -0.494 e. The van der Waals surface area contributed by atoms with Crippen molar-refractivity contribution in [3.8, 4) is 11.4 Å². The number of benzene rings is 3. The van der Waals surface area contributed by atoms with Crippen LogP contribution in [0.5, 0.6) is 5.75 Å². The van der Waals surface area contributed by atoms with Gasteiger partial charge in [-0.25, -0.2) is 13.8 Å². The van der Waals surface area contributed by atoms with Gasteiger partial charge in [0.25, 0.3) is 5.56 Å². The van der Waals surface area contributed by atoms with Crippen LogP contribution < -0.4 is 16.0 Å². The fraction of sp³-hybridized carbons (Fsp3) is 0.120. The Kier molecular flexibility index (Phi) is 5.11. The van der Waals surface area contributed by atoms with Gasteiger partial charge in [-0.2, -0.15) is 0 Å². The smallest absolute Gasteiger partial charge is 0.336 e. The maximum absolute atomic E-state index is 13.7. The van der Waals surface area contributed by atoms with E-state index in [0.29, 0.717) is 28.3 Å². The third kappa shape index (κ3) is 3.40. The summed E-state index contributed by atoms with van der Waals surface area (Å²) in [5.41, 5.74) is 1.04. The Morgan fingerprint density at radius 3 is 2.38 bits per heavy atom. The molecule has 7 heteroatoms. The van der Waals surface area contributed by atoms with Crippen molar-refractivity contribution < 1.29 is 9.13 Å². The normalized spacial score (nSPS) is 11.3. The first-order valence-corrected chi connectivity index (χ1v) is 11.0. The van der Waals surface area contributed by atoms with Gasteiger partial charge in [-0.3, -0.25) is 9.36 Å². The Hall–Kier alpha value is -3.71. The third-order valence-electron chi connectivity index (χ3n) is 5.32. The van der Waals surface area contributed by atoms with Gasteiger partial charge in [-0.05, 0) is 55.0 Å². The van der Waals surface area contributed by atoms with Crippen LogP contribution >= 0.6 is 11.3 Å². The van der Waals surface area contributed by atoms with Gasteiger partial charge in [0.05, 0.1) is 24.4 Å². The number of thiophene rings is 1. The van der Waals surface area contributed by atoms with Crippen LogP contribution in [0, 0.1) is 5.82 Å². The summed E-state index contributed by atoms with van der Waals surface area (Å²) in [5.74, 6) is 0.325. The van der Waals surface area contributed by atoms with Crippen LogP contribution in [-0.4, -0.2) is 15.7 Å². The summed E-state index contributed by atoms with van der Waals surface area (Å²) in [6, 6.07) is 20.6. The van der Waals surface area contributed by atoms with E-state index in [1.54, 1.807) is 41.0 Å². The zero-order chi connectivity index (χ0) is 22.2. The van der Waals surface area contributed by atoms with Crippen LogP contribution in [0.3, 0.4) is 0 Å². The molecule has 5 rings (SSSR count). The van der Waals surface area contributed by atoms with E-state index in [9.17, 15) is 14.0 Å². The number of fused-ring (bicyclic) bond motifs is 3. The van der Waals surface area contributed by atoms with E-state index in [2.05, 4.69) is 0 Å². The number of nitrogens with zero attached hydrogens (tertiary/aromatic N) is 2. The molecule has 0 saturated carbocycles.